The molecule has 0 aliphatic rings. The SMILES string of the molecule is Cc1cc(C)cc(-n2c(CCl)nc3ccc(C#N)cc32)c1. The van der Waals surface area contributed by atoms with Crippen LogP contribution in [0.1, 0.15) is 22.5 Å². The van der Waals surface area contributed by atoms with E-state index in [0.717, 1.165) is 22.5 Å². The lowest BCUT2D eigenvalue weighted by Gasteiger charge is -2.10. The van der Waals surface area contributed by atoms with Crippen LogP contribution < -0.4 is 0 Å². The third kappa shape index (κ3) is 2.39. The van der Waals surface area contributed by atoms with Gasteiger partial charge in [-0.25, -0.2) is 4.98 Å². The molecule has 1 heterocycles. The fourth-order valence-corrected chi connectivity index (χ4v) is 2.83. The van der Waals surface area contributed by atoms with Gasteiger partial charge in [0, 0.05) is 5.69 Å². The number of alkyl halides is 1. The van der Waals surface area contributed by atoms with Crippen LogP contribution in [0.2, 0.25) is 0 Å². The maximum absolute atomic E-state index is 9.11. The van der Waals surface area contributed by atoms with E-state index in [1.165, 1.54) is 11.1 Å². The quantitative estimate of drug-likeness (QED) is 0.663. The molecule has 0 spiro atoms. The average molecular weight is 296 g/mol. The molecule has 0 saturated carbocycles. The first-order valence-electron chi connectivity index (χ1n) is 6.68. The van der Waals surface area contributed by atoms with E-state index in [9.17, 15) is 0 Å². The van der Waals surface area contributed by atoms with Crippen LogP contribution in [0.3, 0.4) is 0 Å². The van der Waals surface area contributed by atoms with Crippen LogP contribution >= 0.6 is 11.6 Å². The van der Waals surface area contributed by atoms with E-state index in [2.05, 4.69) is 43.1 Å². The van der Waals surface area contributed by atoms with E-state index in [-0.39, 0.29) is 0 Å². The van der Waals surface area contributed by atoms with Crippen LogP contribution in [0.4, 0.5) is 0 Å². The first kappa shape index (κ1) is 13.7. The summed E-state index contributed by atoms with van der Waals surface area (Å²) in [7, 11) is 0. The number of rotatable bonds is 2. The molecule has 2 aromatic carbocycles. The molecule has 1 aromatic heterocycles. The van der Waals surface area contributed by atoms with Crippen LogP contribution in [0.25, 0.3) is 16.7 Å². The number of imidazole rings is 1. The first-order valence-corrected chi connectivity index (χ1v) is 7.22. The summed E-state index contributed by atoms with van der Waals surface area (Å²) in [5.41, 5.74) is 5.78. The molecule has 0 atom stereocenters. The molecule has 104 valence electrons. The summed E-state index contributed by atoms with van der Waals surface area (Å²) < 4.78 is 2.03. The normalized spacial score (nSPS) is 10.8. The molecule has 3 aromatic rings. The lowest BCUT2D eigenvalue weighted by atomic mass is 10.1. The number of halogens is 1. The molecule has 0 bridgehead atoms. The molecule has 0 N–H and O–H groups in total. The summed E-state index contributed by atoms with van der Waals surface area (Å²) in [6.07, 6.45) is 0. The number of fused-ring (bicyclic) bond motifs is 1. The van der Waals surface area contributed by atoms with Gasteiger partial charge in [-0.15, -0.1) is 11.6 Å². The monoisotopic (exact) mass is 295 g/mol. The zero-order valence-electron chi connectivity index (χ0n) is 11.9. The van der Waals surface area contributed by atoms with Crippen molar-refractivity contribution in [2.24, 2.45) is 0 Å². The van der Waals surface area contributed by atoms with Crippen molar-refractivity contribution in [2.45, 2.75) is 19.7 Å². The molecule has 0 fully saturated rings. The third-order valence-electron chi connectivity index (χ3n) is 3.44. The standard InChI is InChI=1S/C17H14ClN3/c1-11-5-12(2)7-14(6-11)21-16-8-13(10-19)3-4-15(16)20-17(21)9-18/h3-8H,9H2,1-2H3. The molecule has 3 nitrogen and oxygen atoms in total. The van der Waals surface area contributed by atoms with Gasteiger partial charge in [-0.05, 0) is 55.3 Å². The Balaban J connectivity index is 2.36. The highest BCUT2D eigenvalue weighted by molar-refractivity contribution is 6.17. The number of nitriles is 1. The predicted molar refractivity (Wildman–Crippen MR) is 84.8 cm³/mol. The van der Waals surface area contributed by atoms with E-state index in [0.29, 0.717) is 11.4 Å². The lowest BCUT2D eigenvalue weighted by molar-refractivity contribution is 0.978. The van der Waals surface area contributed by atoms with Gasteiger partial charge in [-0.2, -0.15) is 5.26 Å². The van der Waals surface area contributed by atoms with Crippen molar-refractivity contribution in [2.75, 3.05) is 0 Å². The Morgan fingerprint density at radius 3 is 2.48 bits per heavy atom. The van der Waals surface area contributed by atoms with Gasteiger partial charge in [0.25, 0.3) is 0 Å². The van der Waals surface area contributed by atoms with Gasteiger partial charge in [-0.1, -0.05) is 6.07 Å². The second kappa shape index (κ2) is 5.23. The Morgan fingerprint density at radius 2 is 1.86 bits per heavy atom. The maximum atomic E-state index is 9.11. The van der Waals surface area contributed by atoms with Crippen molar-refractivity contribution in [1.29, 1.82) is 5.26 Å². The summed E-state index contributed by atoms with van der Waals surface area (Å²) in [5, 5.41) is 9.11. The molecule has 0 unspecified atom stereocenters. The van der Waals surface area contributed by atoms with E-state index >= 15 is 0 Å². The fourth-order valence-electron chi connectivity index (χ4n) is 2.65. The second-order valence-corrected chi connectivity index (χ2v) is 5.43. The Labute approximate surface area is 128 Å². The van der Waals surface area contributed by atoms with E-state index in [1.54, 1.807) is 6.07 Å². The average Bonchev–Trinajstić information content (AvgIpc) is 2.83. The van der Waals surface area contributed by atoms with Gasteiger partial charge in [0.15, 0.2) is 0 Å². The van der Waals surface area contributed by atoms with Gasteiger partial charge in [0.05, 0.1) is 28.5 Å². The summed E-state index contributed by atoms with van der Waals surface area (Å²) >= 11 is 6.06. The second-order valence-electron chi connectivity index (χ2n) is 5.16. The number of aromatic nitrogens is 2. The number of aryl methyl sites for hydroxylation is 2. The highest BCUT2D eigenvalue weighted by Gasteiger charge is 2.13. The van der Waals surface area contributed by atoms with E-state index in [1.807, 2.05) is 16.7 Å². The zero-order chi connectivity index (χ0) is 15.0. The van der Waals surface area contributed by atoms with Crippen molar-refractivity contribution < 1.29 is 0 Å². The number of nitrogens with zero attached hydrogens (tertiary/aromatic N) is 3. The smallest absolute Gasteiger partial charge is 0.129 e. The van der Waals surface area contributed by atoms with Crippen LogP contribution in [-0.4, -0.2) is 9.55 Å². The predicted octanol–water partition coefficient (Wildman–Crippen LogP) is 4.25. The summed E-state index contributed by atoms with van der Waals surface area (Å²) in [6, 6.07) is 14.0. The molecule has 0 aliphatic carbocycles. The third-order valence-corrected chi connectivity index (χ3v) is 3.68. The highest BCUT2D eigenvalue weighted by Crippen LogP contribution is 2.25. The summed E-state index contributed by atoms with van der Waals surface area (Å²) in [6.45, 7) is 4.13. The van der Waals surface area contributed by atoms with Gasteiger partial charge < -0.3 is 0 Å². The van der Waals surface area contributed by atoms with Gasteiger partial charge in [0.1, 0.15) is 5.82 Å². The fraction of sp³-hybridized carbons (Fsp3) is 0.176. The topological polar surface area (TPSA) is 41.6 Å². The van der Waals surface area contributed by atoms with Crippen molar-refractivity contribution in [3.8, 4) is 11.8 Å². The highest BCUT2D eigenvalue weighted by atomic mass is 35.5. The molecule has 0 saturated heterocycles. The number of hydrogen-bond acceptors (Lipinski definition) is 2. The molecular formula is C17H14ClN3. The first-order chi connectivity index (χ1) is 10.1. The van der Waals surface area contributed by atoms with Gasteiger partial charge in [0.2, 0.25) is 0 Å². The van der Waals surface area contributed by atoms with Crippen LogP contribution in [0.5, 0.6) is 0 Å². The van der Waals surface area contributed by atoms with Crippen molar-refractivity contribution in [3.05, 3.63) is 58.9 Å². The lowest BCUT2D eigenvalue weighted by Crippen LogP contribution is -2.00. The molecule has 0 radical (unpaired) electrons. The Morgan fingerprint density at radius 1 is 1.14 bits per heavy atom. The minimum atomic E-state index is 0.323. The molecule has 0 amide bonds. The number of benzene rings is 2. The molecular weight excluding hydrogens is 282 g/mol. The van der Waals surface area contributed by atoms with E-state index in [4.69, 9.17) is 16.9 Å². The Kier molecular flexibility index (Phi) is 3.40. The Hall–Kier alpha value is -2.31. The number of hydrogen-bond donors (Lipinski definition) is 0. The van der Waals surface area contributed by atoms with Crippen molar-refractivity contribution in [1.82, 2.24) is 9.55 Å². The van der Waals surface area contributed by atoms with Gasteiger partial charge >= 0.3 is 0 Å². The summed E-state index contributed by atoms with van der Waals surface area (Å²) in [4.78, 5) is 4.56. The summed E-state index contributed by atoms with van der Waals surface area (Å²) in [5.74, 6) is 1.11. The zero-order valence-corrected chi connectivity index (χ0v) is 12.6. The van der Waals surface area contributed by atoms with Crippen LogP contribution in [0.15, 0.2) is 36.4 Å². The van der Waals surface area contributed by atoms with Crippen LogP contribution in [0, 0.1) is 25.2 Å². The van der Waals surface area contributed by atoms with Gasteiger partial charge in [-0.3, -0.25) is 4.57 Å². The molecule has 3 rings (SSSR count). The molecule has 21 heavy (non-hydrogen) atoms. The molecule has 0 aliphatic heterocycles. The Bertz CT molecular complexity index is 851. The van der Waals surface area contributed by atoms with Crippen molar-refractivity contribution in [3.63, 3.8) is 0 Å². The largest absolute Gasteiger partial charge is 0.295 e. The minimum absolute atomic E-state index is 0.323. The van der Waals surface area contributed by atoms with Crippen molar-refractivity contribution >= 4 is 22.6 Å². The molecule has 4 heteroatoms. The minimum Gasteiger partial charge on any atom is -0.295 e. The maximum Gasteiger partial charge on any atom is 0.129 e. The van der Waals surface area contributed by atoms with Crippen LogP contribution in [-0.2, 0) is 5.88 Å². The van der Waals surface area contributed by atoms with E-state index < -0.39 is 0 Å².